The first-order chi connectivity index (χ1) is 15.6. The molecule has 2 aromatic heterocycles. The number of nitrogens with one attached hydrogen (secondary N) is 1. The number of carbonyl (C=O) groups excluding carboxylic acids is 1. The topological polar surface area (TPSA) is 81.8 Å². The van der Waals surface area contributed by atoms with Crippen molar-refractivity contribution in [2.24, 2.45) is 0 Å². The summed E-state index contributed by atoms with van der Waals surface area (Å²) in [4.78, 5) is 29.9. The van der Waals surface area contributed by atoms with E-state index in [1.165, 1.54) is 10.7 Å². The summed E-state index contributed by atoms with van der Waals surface area (Å²) in [7, 11) is 0. The van der Waals surface area contributed by atoms with Gasteiger partial charge in [-0.1, -0.05) is 54.2 Å². The summed E-state index contributed by atoms with van der Waals surface area (Å²) in [6.07, 6.45) is 2.06. The van der Waals surface area contributed by atoms with Gasteiger partial charge in [-0.2, -0.15) is 5.10 Å². The van der Waals surface area contributed by atoms with E-state index < -0.39 is 6.04 Å². The first-order valence-corrected chi connectivity index (χ1v) is 11.3. The van der Waals surface area contributed by atoms with Gasteiger partial charge in [0.2, 0.25) is 5.91 Å². The van der Waals surface area contributed by atoms with Crippen molar-refractivity contribution >= 4 is 23.4 Å². The lowest BCUT2D eigenvalue weighted by Gasteiger charge is -2.15. The highest BCUT2D eigenvalue weighted by Crippen LogP contribution is 2.29. The summed E-state index contributed by atoms with van der Waals surface area (Å²) in [5, 5.41) is 8.33. The minimum atomic E-state index is -0.765. The Morgan fingerprint density at radius 2 is 1.75 bits per heavy atom. The quantitative estimate of drug-likeness (QED) is 0.503. The average molecular weight is 444 g/mol. The van der Waals surface area contributed by atoms with Gasteiger partial charge in [-0.25, -0.2) is 9.67 Å². The standard InChI is InChI=1S/C24H21N5O2S/c1-16(29-22(30)12-11-20(27-29)17-5-3-2-4-6-17)23(31)25-19-9-7-18(8-10-19)21-15-28-13-14-32-24(28)26-21/h2-12,15-16H,13-14H2,1H3,(H,25,31)/t16-/m0/s1. The summed E-state index contributed by atoms with van der Waals surface area (Å²) in [5.41, 5.74) is 3.76. The van der Waals surface area contributed by atoms with Gasteiger partial charge in [0.1, 0.15) is 6.04 Å². The van der Waals surface area contributed by atoms with Crippen LogP contribution in [0, 0.1) is 0 Å². The number of rotatable bonds is 5. The highest BCUT2D eigenvalue weighted by Gasteiger charge is 2.19. The fraction of sp³-hybridized carbons (Fsp3) is 0.167. The van der Waals surface area contributed by atoms with Gasteiger partial charge >= 0.3 is 0 Å². The number of fused-ring (bicyclic) bond motifs is 1. The molecule has 1 aliphatic heterocycles. The molecule has 32 heavy (non-hydrogen) atoms. The number of carbonyl (C=O) groups is 1. The third kappa shape index (κ3) is 3.97. The molecule has 0 unspecified atom stereocenters. The third-order valence-corrected chi connectivity index (χ3v) is 6.36. The molecule has 3 heterocycles. The van der Waals surface area contributed by atoms with Crippen molar-refractivity contribution in [2.45, 2.75) is 24.7 Å². The normalized spacial score (nSPS) is 13.5. The maximum Gasteiger partial charge on any atom is 0.267 e. The molecule has 0 fully saturated rings. The highest BCUT2D eigenvalue weighted by atomic mass is 32.2. The zero-order chi connectivity index (χ0) is 22.1. The van der Waals surface area contributed by atoms with Crippen LogP contribution in [0.4, 0.5) is 5.69 Å². The predicted molar refractivity (Wildman–Crippen MR) is 126 cm³/mol. The Balaban J connectivity index is 1.32. The molecular formula is C24H21N5O2S. The summed E-state index contributed by atoms with van der Waals surface area (Å²) < 4.78 is 3.38. The number of benzene rings is 2. The number of aryl methyl sites for hydroxylation is 1. The fourth-order valence-electron chi connectivity index (χ4n) is 3.60. The largest absolute Gasteiger partial charge is 0.325 e. The number of anilines is 1. The number of hydrogen-bond donors (Lipinski definition) is 1. The lowest BCUT2D eigenvalue weighted by Crippen LogP contribution is -2.33. The summed E-state index contributed by atoms with van der Waals surface area (Å²) in [5.74, 6) is 0.757. The molecule has 0 saturated heterocycles. The van der Waals surface area contributed by atoms with Crippen LogP contribution < -0.4 is 10.9 Å². The maximum atomic E-state index is 12.8. The molecule has 5 rings (SSSR count). The number of nitrogens with zero attached hydrogens (tertiary/aromatic N) is 4. The minimum absolute atomic E-state index is 0.310. The molecule has 0 spiro atoms. The molecule has 2 aromatic carbocycles. The molecule has 160 valence electrons. The predicted octanol–water partition coefficient (Wildman–Crippen LogP) is 4.08. The Bertz CT molecular complexity index is 1310. The molecule has 0 radical (unpaired) electrons. The molecule has 8 heteroatoms. The number of hydrogen-bond acceptors (Lipinski definition) is 5. The van der Waals surface area contributed by atoms with Gasteiger partial charge in [0.25, 0.3) is 5.56 Å². The summed E-state index contributed by atoms with van der Waals surface area (Å²) >= 11 is 1.76. The molecule has 0 aliphatic carbocycles. The average Bonchev–Trinajstić information content (AvgIpc) is 3.43. The molecule has 1 aliphatic rings. The van der Waals surface area contributed by atoms with Crippen molar-refractivity contribution in [3.05, 3.63) is 83.3 Å². The van der Waals surface area contributed by atoms with Crippen LogP contribution in [0.2, 0.25) is 0 Å². The summed E-state index contributed by atoms with van der Waals surface area (Å²) in [6, 6.07) is 19.4. The van der Waals surface area contributed by atoms with Gasteiger partial charge in [-0.3, -0.25) is 9.59 Å². The van der Waals surface area contributed by atoms with Crippen molar-refractivity contribution in [2.75, 3.05) is 11.1 Å². The van der Waals surface area contributed by atoms with Crippen LogP contribution in [-0.2, 0) is 11.3 Å². The van der Waals surface area contributed by atoms with Crippen molar-refractivity contribution in [1.29, 1.82) is 0 Å². The van der Waals surface area contributed by atoms with E-state index in [-0.39, 0.29) is 11.5 Å². The van der Waals surface area contributed by atoms with Crippen LogP contribution in [0.25, 0.3) is 22.5 Å². The Labute approximate surface area is 189 Å². The monoisotopic (exact) mass is 443 g/mol. The van der Waals surface area contributed by atoms with E-state index in [1.54, 1.807) is 24.8 Å². The Morgan fingerprint density at radius 1 is 1.00 bits per heavy atom. The van der Waals surface area contributed by atoms with E-state index in [0.717, 1.165) is 34.3 Å². The van der Waals surface area contributed by atoms with Crippen LogP contribution in [-0.4, -0.2) is 31.0 Å². The Kier molecular flexibility index (Phi) is 5.36. The van der Waals surface area contributed by atoms with Gasteiger partial charge < -0.3 is 9.88 Å². The first-order valence-electron chi connectivity index (χ1n) is 10.3. The molecule has 1 amide bonds. The van der Waals surface area contributed by atoms with Crippen LogP contribution in [0.15, 0.2) is 82.9 Å². The van der Waals surface area contributed by atoms with E-state index in [9.17, 15) is 9.59 Å². The number of thioether (sulfide) groups is 1. The SMILES string of the molecule is C[C@@H](C(=O)Nc1ccc(-c2cn3c(n2)SCC3)cc1)n1nc(-c2ccccc2)ccc1=O. The third-order valence-electron chi connectivity index (χ3n) is 5.39. The van der Waals surface area contributed by atoms with E-state index in [2.05, 4.69) is 26.2 Å². The fourth-order valence-corrected chi connectivity index (χ4v) is 4.54. The second-order valence-corrected chi connectivity index (χ2v) is 8.62. The van der Waals surface area contributed by atoms with E-state index >= 15 is 0 Å². The van der Waals surface area contributed by atoms with Gasteiger partial charge in [0.15, 0.2) is 5.16 Å². The Morgan fingerprint density at radius 3 is 2.50 bits per heavy atom. The van der Waals surface area contributed by atoms with Crippen LogP contribution in [0.5, 0.6) is 0 Å². The van der Waals surface area contributed by atoms with Gasteiger partial charge in [0.05, 0.1) is 11.4 Å². The molecule has 4 aromatic rings. The van der Waals surface area contributed by atoms with Crippen molar-refractivity contribution in [3.63, 3.8) is 0 Å². The number of amides is 1. The zero-order valence-electron chi connectivity index (χ0n) is 17.4. The number of aromatic nitrogens is 4. The minimum Gasteiger partial charge on any atom is -0.325 e. The lowest BCUT2D eigenvalue weighted by molar-refractivity contribution is -0.119. The van der Waals surface area contributed by atoms with Crippen LogP contribution >= 0.6 is 11.8 Å². The highest BCUT2D eigenvalue weighted by molar-refractivity contribution is 7.99. The van der Waals surface area contributed by atoms with Crippen LogP contribution in [0.3, 0.4) is 0 Å². The van der Waals surface area contributed by atoms with Crippen molar-refractivity contribution in [1.82, 2.24) is 19.3 Å². The van der Waals surface area contributed by atoms with E-state index in [0.29, 0.717) is 11.4 Å². The zero-order valence-corrected chi connectivity index (χ0v) is 18.2. The van der Waals surface area contributed by atoms with E-state index in [4.69, 9.17) is 0 Å². The smallest absolute Gasteiger partial charge is 0.267 e. The van der Waals surface area contributed by atoms with E-state index in [1.807, 2.05) is 54.6 Å². The molecule has 0 saturated carbocycles. The Hall–Kier alpha value is -3.65. The van der Waals surface area contributed by atoms with Gasteiger partial charge in [-0.15, -0.1) is 0 Å². The van der Waals surface area contributed by atoms with Crippen molar-refractivity contribution in [3.8, 4) is 22.5 Å². The number of imidazole rings is 1. The van der Waals surface area contributed by atoms with Gasteiger partial charge in [-0.05, 0) is 25.1 Å². The summed E-state index contributed by atoms with van der Waals surface area (Å²) in [6.45, 7) is 2.65. The molecule has 1 atom stereocenters. The lowest BCUT2D eigenvalue weighted by atomic mass is 10.1. The first kappa shape index (κ1) is 20.3. The maximum absolute atomic E-state index is 12.8. The van der Waals surface area contributed by atoms with Gasteiger partial charge in [0, 0.05) is 41.4 Å². The molecule has 7 nitrogen and oxygen atoms in total. The van der Waals surface area contributed by atoms with Crippen LogP contribution in [0.1, 0.15) is 13.0 Å². The molecule has 0 bridgehead atoms. The second kappa shape index (κ2) is 8.47. The molecule has 1 N–H and O–H groups in total. The second-order valence-electron chi connectivity index (χ2n) is 7.56. The molecular weight excluding hydrogens is 422 g/mol. The van der Waals surface area contributed by atoms with Crippen molar-refractivity contribution < 1.29 is 4.79 Å².